The van der Waals surface area contributed by atoms with Gasteiger partial charge in [0.25, 0.3) is 0 Å². The number of nitrogens with zero attached hydrogens (tertiary/aromatic N) is 5. The Bertz CT molecular complexity index is 542. The Morgan fingerprint density at radius 1 is 1.30 bits per heavy atom. The van der Waals surface area contributed by atoms with Crippen LogP contribution in [-0.2, 0) is 19.5 Å². The predicted molar refractivity (Wildman–Crippen MR) is 78.2 cm³/mol. The number of nitrogens with two attached hydrogens (primary N) is 1. The Morgan fingerprint density at radius 2 is 2.10 bits per heavy atom. The lowest BCUT2D eigenvalue weighted by molar-refractivity contribution is 0.563. The van der Waals surface area contributed by atoms with Gasteiger partial charge in [-0.3, -0.25) is 4.68 Å². The van der Waals surface area contributed by atoms with E-state index in [2.05, 4.69) is 42.2 Å². The molecule has 0 aromatic carbocycles. The third-order valence-corrected chi connectivity index (χ3v) is 3.44. The molecule has 0 aliphatic heterocycles. The monoisotopic (exact) mass is 276 g/mol. The van der Waals surface area contributed by atoms with Gasteiger partial charge in [0.2, 0.25) is 0 Å². The van der Waals surface area contributed by atoms with E-state index in [1.165, 1.54) is 0 Å². The molecule has 6 heteroatoms. The molecule has 0 amide bonds. The minimum atomic E-state index is -0.0176. The molecule has 2 rings (SSSR count). The van der Waals surface area contributed by atoms with Crippen LogP contribution in [0.15, 0.2) is 12.3 Å². The van der Waals surface area contributed by atoms with Crippen molar-refractivity contribution in [3.05, 3.63) is 29.3 Å². The number of rotatable bonds is 7. The zero-order valence-electron chi connectivity index (χ0n) is 12.6. The Balaban J connectivity index is 2.12. The molecule has 0 bridgehead atoms. The van der Waals surface area contributed by atoms with Gasteiger partial charge in [-0.2, -0.15) is 5.10 Å². The van der Waals surface area contributed by atoms with Crippen molar-refractivity contribution in [1.29, 1.82) is 0 Å². The summed E-state index contributed by atoms with van der Waals surface area (Å²) >= 11 is 0. The molecule has 2 aromatic rings. The van der Waals surface area contributed by atoms with Crippen LogP contribution in [0.25, 0.3) is 0 Å². The molecular weight excluding hydrogens is 252 g/mol. The first kappa shape index (κ1) is 14.7. The van der Waals surface area contributed by atoms with Crippen LogP contribution in [0.2, 0.25) is 0 Å². The van der Waals surface area contributed by atoms with Gasteiger partial charge in [-0.15, -0.1) is 5.10 Å². The van der Waals surface area contributed by atoms with Crippen molar-refractivity contribution in [1.82, 2.24) is 24.8 Å². The van der Waals surface area contributed by atoms with Gasteiger partial charge in [0, 0.05) is 6.54 Å². The highest BCUT2D eigenvalue weighted by atomic mass is 15.4. The van der Waals surface area contributed by atoms with E-state index in [9.17, 15) is 0 Å². The Kier molecular flexibility index (Phi) is 4.89. The number of hydrogen-bond acceptors (Lipinski definition) is 4. The van der Waals surface area contributed by atoms with Crippen LogP contribution in [0.3, 0.4) is 0 Å². The molecule has 110 valence electrons. The van der Waals surface area contributed by atoms with Crippen LogP contribution < -0.4 is 5.73 Å². The lowest BCUT2D eigenvalue weighted by Gasteiger charge is -2.05. The van der Waals surface area contributed by atoms with Gasteiger partial charge >= 0.3 is 0 Å². The van der Waals surface area contributed by atoms with Crippen LogP contribution in [0.1, 0.15) is 56.7 Å². The van der Waals surface area contributed by atoms with E-state index >= 15 is 0 Å². The van der Waals surface area contributed by atoms with Crippen LogP contribution in [0, 0.1) is 0 Å². The van der Waals surface area contributed by atoms with Crippen molar-refractivity contribution in [2.75, 3.05) is 0 Å². The number of hydrogen-bond donors (Lipinski definition) is 1. The third kappa shape index (κ3) is 3.25. The first-order valence-electron chi connectivity index (χ1n) is 7.39. The van der Waals surface area contributed by atoms with Crippen molar-refractivity contribution < 1.29 is 0 Å². The van der Waals surface area contributed by atoms with Crippen molar-refractivity contribution >= 4 is 0 Å². The van der Waals surface area contributed by atoms with E-state index in [1.54, 1.807) is 0 Å². The second-order valence-electron chi connectivity index (χ2n) is 5.03. The van der Waals surface area contributed by atoms with Gasteiger partial charge < -0.3 is 5.73 Å². The van der Waals surface area contributed by atoms with Crippen LogP contribution in [0.5, 0.6) is 0 Å². The summed E-state index contributed by atoms with van der Waals surface area (Å²) in [6, 6.07) is 2.12. The molecule has 0 saturated heterocycles. The van der Waals surface area contributed by atoms with E-state index in [1.807, 2.05) is 15.6 Å². The van der Waals surface area contributed by atoms with Crippen LogP contribution >= 0.6 is 0 Å². The second kappa shape index (κ2) is 6.65. The summed E-state index contributed by atoms with van der Waals surface area (Å²) in [5, 5.41) is 12.9. The lowest BCUT2D eigenvalue weighted by Crippen LogP contribution is -2.10. The normalized spacial score (nSPS) is 12.8. The van der Waals surface area contributed by atoms with Gasteiger partial charge in [0.1, 0.15) is 0 Å². The van der Waals surface area contributed by atoms with Gasteiger partial charge in [0.05, 0.1) is 35.9 Å². The fraction of sp³-hybridized carbons (Fsp3) is 0.643. The SMILES string of the molecule is CCCC(N)c1cn(Cc2cc(CC)nn2CC)nn1. The average Bonchev–Trinajstić information content (AvgIpc) is 3.06. The molecule has 2 heterocycles. The fourth-order valence-corrected chi connectivity index (χ4v) is 2.27. The molecule has 20 heavy (non-hydrogen) atoms. The van der Waals surface area contributed by atoms with E-state index in [0.717, 1.165) is 42.9 Å². The number of aryl methyl sites for hydroxylation is 2. The summed E-state index contributed by atoms with van der Waals surface area (Å²) in [6.07, 6.45) is 4.88. The van der Waals surface area contributed by atoms with Gasteiger partial charge in [-0.05, 0) is 25.8 Å². The molecule has 0 spiro atoms. The molecule has 6 nitrogen and oxygen atoms in total. The van der Waals surface area contributed by atoms with Crippen LogP contribution in [-0.4, -0.2) is 24.8 Å². The van der Waals surface area contributed by atoms with Crippen molar-refractivity contribution in [3.8, 4) is 0 Å². The lowest BCUT2D eigenvalue weighted by atomic mass is 10.1. The smallest absolute Gasteiger partial charge is 0.0994 e. The van der Waals surface area contributed by atoms with E-state index in [4.69, 9.17) is 5.73 Å². The summed E-state index contributed by atoms with van der Waals surface area (Å²) in [5.74, 6) is 0. The largest absolute Gasteiger partial charge is 0.323 e. The average molecular weight is 276 g/mol. The Morgan fingerprint density at radius 3 is 2.75 bits per heavy atom. The third-order valence-electron chi connectivity index (χ3n) is 3.44. The summed E-state index contributed by atoms with van der Waals surface area (Å²) < 4.78 is 3.86. The molecule has 1 atom stereocenters. The first-order valence-corrected chi connectivity index (χ1v) is 7.39. The quantitative estimate of drug-likeness (QED) is 0.838. The summed E-state index contributed by atoms with van der Waals surface area (Å²) in [7, 11) is 0. The maximum absolute atomic E-state index is 6.06. The summed E-state index contributed by atoms with van der Waals surface area (Å²) in [6.45, 7) is 7.89. The molecule has 1 unspecified atom stereocenters. The number of aromatic nitrogens is 5. The zero-order chi connectivity index (χ0) is 14.5. The topological polar surface area (TPSA) is 74.6 Å². The van der Waals surface area contributed by atoms with Gasteiger partial charge in [-0.25, -0.2) is 4.68 Å². The molecular formula is C14H24N6. The maximum Gasteiger partial charge on any atom is 0.0994 e. The Hall–Kier alpha value is -1.69. The van der Waals surface area contributed by atoms with Crippen molar-refractivity contribution in [3.63, 3.8) is 0 Å². The highest BCUT2D eigenvalue weighted by molar-refractivity contribution is 5.11. The second-order valence-corrected chi connectivity index (χ2v) is 5.03. The van der Waals surface area contributed by atoms with Gasteiger partial charge in [-0.1, -0.05) is 25.5 Å². The minimum Gasteiger partial charge on any atom is -0.323 e. The summed E-state index contributed by atoms with van der Waals surface area (Å²) in [4.78, 5) is 0. The molecule has 2 N–H and O–H groups in total. The first-order chi connectivity index (χ1) is 9.67. The Labute approximate surface area is 120 Å². The van der Waals surface area contributed by atoms with Crippen molar-refractivity contribution in [2.24, 2.45) is 5.73 Å². The summed E-state index contributed by atoms with van der Waals surface area (Å²) in [5.41, 5.74) is 9.20. The zero-order valence-corrected chi connectivity index (χ0v) is 12.6. The highest BCUT2D eigenvalue weighted by Crippen LogP contribution is 2.13. The van der Waals surface area contributed by atoms with E-state index in [0.29, 0.717) is 6.54 Å². The molecule has 0 aliphatic carbocycles. The standard InChI is InChI=1S/C14H24N6/c1-4-7-13(15)14-10-19(18-16-14)9-12-8-11(5-2)17-20(12)6-3/h8,10,13H,4-7,9,15H2,1-3H3. The van der Waals surface area contributed by atoms with Crippen LogP contribution in [0.4, 0.5) is 0 Å². The molecule has 0 saturated carbocycles. The molecule has 0 fully saturated rings. The molecule has 2 aromatic heterocycles. The molecule has 0 aliphatic rings. The minimum absolute atomic E-state index is 0.0176. The maximum atomic E-state index is 6.06. The van der Waals surface area contributed by atoms with E-state index in [-0.39, 0.29) is 6.04 Å². The van der Waals surface area contributed by atoms with Gasteiger partial charge in [0.15, 0.2) is 0 Å². The van der Waals surface area contributed by atoms with Crippen molar-refractivity contribution in [2.45, 2.75) is 59.2 Å². The highest BCUT2D eigenvalue weighted by Gasteiger charge is 2.11. The van der Waals surface area contributed by atoms with E-state index < -0.39 is 0 Å². The molecule has 0 radical (unpaired) electrons. The fourth-order valence-electron chi connectivity index (χ4n) is 2.27. The predicted octanol–water partition coefficient (Wildman–Crippen LogP) is 1.91.